The van der Waals surface area contributed by atoms with Crippen LogP contribution in [0.15, 0.2) is 63.6 Å². The Morgan fingerprint density at radius 3 is 2.81 bits per heavy atom. The second-order valence-corrected chi connectivity index (χ2v) is 10.7. The number of pyridine rings is 1. The van der Waals surface area contributed by atoms with Gasteiger partial charge in [-0.05, 0) is 81.5 Å². The van der Waals surface area contributed by atoms with Gasteiger partial charge < -0.3 is 19.3 Å². The molecule has 5 rings (SSSR count). The van der Waals surface area contributed by atoms with Gasteiger partial charge in [0.2, 0.25) is 0 Å². The van der Waals surface area contributed by atoms with E-state index in [1.807, 2.05) is 4.90 Å². The zero-order valence-electron chi connectivity index (χ0n) is 21.0. The van der Waals surface area contributed by atoms with Crippen LogP contribution in [0.2, 0.25) is 0 Å². The Balaban J connectivity index is 1.48. The van der Waals surface area contributed by atoms with Crippen molar-refractivity contribution in [1.29, 1.82) is 0 Å². The van der Waals surface area contributed by atoms with Gasteiger partial charge in [-0.3, -0.25) is 4.79 Å². The van der Waals surface area contributed by atoms with Crippen LogP contribution in [0.4, 0.5) is 5.82 Å². The topological polar surface area (TPSA) is 69.8 Å². The summed E-state index contributed by atoms with van der Waals surface area (Å²) in [5.74, 6) is 1.20. The third kappa shape index (κ3) is 5.79. The van der Waals surface area contributed by atoms with E-state index in [4.69, 9.17) is 9.40 Å². The minimum Gasteiger partial charge on any atom is -0.459 e. The number of rotatable bonds is 8. The van der Waals surface area contributed by atoms with Crippen LogP contribution in [-0.2, 0) is 6.54 Å². The number of carbonyl (C=O) groups is 1. The predicted molar refractivity (Wildman–Crippen MR) is 146 cm³/mol. The number of piperidine rings is 1. The number of benzene rings is 1. The van der Waals surface area contributed by atoms with Crippen LogP contribution >= 0.6 is 11.8 Å². The largest absolute Gasteiger partial charge is 0.459 e. The summed E-state index contributed by atoms with van der Waals surface area (Å²) in [7, 11) is 0. The highest BCUT2D eigenvalue weighted by molar-refractivity contribution is 7.98. The van der Waals surface area contributed by atoms with E-state index in [1.54, 1.807) is 30.2 Å². The van der Waals surface area contributed by atoms with Gasteiger partial charge in [0.15, 0.2) is 5.76 Å². The van der Waals surface area contributed by atoms with Crippen LogP contribution < -0.4 is 4.90 Å². The first-order valence-electron chi connectivity index (χ1n) is 13.0. The number of aliphatic hydroxyl groups is 1. The number of furan rings is 1. The fourth-order valence-corrected chi connectivity index (χ4v) is 5.63. The van der Waals surface area contributed by atoms with Crippen molar-refractivity contribution in [2.24, 2.45) is 0 Å². The maximum Gasteiger partial charge on any atom is 0.289 e. The van der Waals surface area contributed by atoms with E-state index in [2.05, 4.69) is 41.5 Å². The summed E-state index contributed by atoms with van der Waals surface area (Å²) < 4.78 is 5.50. The van der Waals surface area contributed by atoms with E-state index in [-0.39, 0.29) is 12.0 Å². The highest BCUT2D eigenvalue weighted by Gasteiger charge is 2.25. The van der Waals surface area contributed by atoms with Gasteiger partial charge in [0, 0.05) is 42.0 Å². The van der Waals surface area contributed by atoms with Crippen LogP contribution in [0.25, 0.3) is 10.9 Å². The van der Waals surface area contributed by atoms with Crippen molar-refractivity contribution in [2.45, 2.75) is 62.5 Å². The molecule has 0 saturated carbocycles. The van der Waals surface area contributed by atoms with Gasteiger partial charge in [-0.2, -0.15) is 0 Å². The lowest BCUT2D eigenvalue weighted by atomic mass is 9.97. The molecule has 7 heteroatoms. The molecule has 0 bridgehead atoms. The minimum atomic E-state index is -0.256. The lowest BCUT2D eigenvalue weighted by Gasteiger charge is -2.33. The fourth-order valence-electron chi connectivity index (χ4n) is 5.20. The van der Waals surface area contributed by atoms with E-state index in [9.17, 15) is 9.90 Å². The quantitative estimate of drug-likeness (QED) is 0.297. The van der Waals surface area contributed by atoms with Crippen molar-refractivity contribution < 1.29 is 14.3 Å². The normalized spacial score (nSPS) is 16.8. The lowest BCUT2D eigenvalue weighted by Crippen LogP contribution is -2.38. The summed E-state index contributed by atoms with van der Waals surface area (Å²) in [4.78, 5) is 24.0. The molecule has 2 aliphatic rings. The molecule has 0 atom stereocenters. The van der Waals surface area contributed by atoms with E-state index >= 15 is 0 Å². The van der Waals surface area contributed by atoms with Crippen LogP contribution in [-0.4, -0.2) is 52.9 Å². The maximum atomic E-state index is 13.5. The number of aliphatic hydroxyl groups excluding tert-OH is 1. The molecule has 1 amide bonds. The van der Waals surface area contributed by atoms with Gasteiger partial charge in [0.25, 0.3) is 5.91 Å². The molecule has 2 aromatic heterocycles. The van der Waals surface area contributed by atoms with Crippen molar-refractivity contribution in [2.75, 3.05) is 30.8 Å². The second-order valence-electron chi connectivity index (χ2n) is 9.81. The van der Waals surface area contributed by atoms with Gasteiger partial charge in [0.05, 0.1) is 17.9 Å². The average molecular weight is 506 g/mol. The highest BCUT2D eigenvalue weighted by atomic mass is 32.2. The Kier molecular flexibility index (Phi) is 7.97. The molecule has 1 aliphatic carbocycles. The first-order chi connectivity index (χ1) is 17.6. The van der Waals surface area contributed by atoms with Gasteiger partial charge in [0.1, 0.15) is 5.82 Å². The molecule has 1 fully saturated rings. The number of anilines is 1. The number of amides is 1. The molecule has 190 valence electrons. The molecule has 1 aliphatic heterocycles. The molecule has 1 saturated heterocycles. The van der Waals surface area contributed by atoms with E-state index in [1.165, 1.54) is 23.3 Å². The summed E-state index contributed by atoms with van der Waals surface area (Å²) in [6.45, 7) is 2.63. The lowest BCUT2D eigenvalue weighted by molar-refractivity contribution is 0.0712. The summed E-state index contributed by atoms with van der Waals surface area (Å²) in [5, 5.41) is 11.2. The third-order valence-corrected chi connectivity index (χ3v) is 8.04. The Hall–Kier alpha value is -2.77. The monoisotopic (exact) mass is 505 g/mol. The SMILES string of the molecule is CSc1ccc2cc(CN(CCC3=CCCCC3)C(=O)c3ccco3)c(N3CCC(O)CC3)nc2c1. The van der Waals surface area contributed by atoms with Crippen molar-refractivity contribution in [3.05, 3.63) is 65.6 Å². The van der Waals surface area contributed by atoms with Crippen molar-refractivity contribution in [1.82, 2.24) is 9.88 Å². The molecule has 0 radical (unpaired) electrons. The van der Waals surface area contributed by atoms with Gasteiger partial charge in [-0.15, -0.1) is 11.8 Å². The Labute approximate surface area is 217 Å². The number of thioether (sulfide) groups is 1. The second kappa shape index (κ2) is 11.5. The van der Waals surface area contributed by atoms with Crippen LogP contribution in [0, 0.1) is 0 Å². The molecule has 36 heavy (non-hydrogen) atoms. The van der Waals surface area contributed by atoms with Crippen LogP contribution in [0.1, 0.15) is 61.1 Å². The summed E-state index contributed by atoms with van der Waals surface area (Å²) >= 11 is 1.71. The zero-order chi connectivity index (χ0) is 24.9. The number of hydrogen-bond donors (Lipinski definition) is 1. The number of carbonyl (C=O) groups excluding carboxylic acids is 1. The predicted octanol–water partition coefficient (Wildman–Crippen LogP) is 6.04. The highest BCUT2D eigenvalue weighted by Crippen LogP contribution is 2.30. The van der Waals surface area contributed by atoms with Crippen molar-refractivity contribution in [3.8, 4) is 0 Å². The number of hydrogen-bond acceptors (Lipinski definition) is 6. The summed E-state index contributed by atoms with van der Waals surface area (Å²) in [5.41, 5.74) is 3.45. The minimum absolute atomic E-state index is 0.0887. The van der Waals surface area contributed by atoms with E-state index in [0.717, 1.165) is 67.5 Å². The average Bonchev–Trinajstić information content (AvgIpc) is 3.46. The molecular weight excluding hydrogens is 470 g/mol. The molecule has 6 nitrogen and oxygen atoms in total. The van der Waals surface area contributed by atoms with Crippen LogP contribution in [0.5, 0.6) is 0 Å². The maximum absolute atomic E-state index is 13.5. The molecule has 1 N–H and O–H groups in total. The van der Waals surface area contributed by atoms with Crippen LogP contribution in [0.3, 0.4) is 0 Å². The molecular formula is C29H35N3O3S. The Morgan fingerprint density at radius 2 is 2.08 bits per heavy atom. The van der Waals surface area contributed by atoms with Crippen molar-refractivity contribution in [3.63, 3.8) is 0 Å². The molecule has 3 heterocycles. The van der Waals surface area contributed by atoms with Gasteiger partial charge >= 0.3 is 0 Å². The van der Waals surface area contributed by atoms with E-state index in [0.29, 0.717) is 18.8 Å². The Bertz CT molecular complexity index is 1220. The summed E-state index contributed by atoms with van der Waals surface area (Å²) in [6, 6.07) is 12.1. The summed E-state index contributed by atoms with van der Waals surface area (Å²) in [6.07, 6.45) is 12.8. The number of fused-ring (bicyclic) bond motifs is 1. The smallest absolute Gasteiger partial charge is 0.289 e. The van der Waals surface area contributed by atoms with Crippen molar-refractivity contribution >= 4 is 34.4 Å². The number of aromatic nitrogens is 1. The first kappa shape index (κ1) is 24.9. The standard InChI is InChI=1S/C29H35N3O3S/c1-36-25-10-9-22-18-23(28(30-26(22)19-25)31-15-12-24(33)13-16-31)20-32(29(34)27-8-5-17-35-27)14-11-21-6-3-2-4-7-21/h5-6,8-10,17-19,24,33H,2-4,7,11-16,20H2,1H3. The number of allylic oxidation sites excluding steroid dienone is 1. The zero-order valence-corrected chi connectivity index (χ0v) is 21.8. The fraction of sp³-hybridized carbons (Fsp3) is 0.448. The van der Waals surface area contributed by atoms with Gasteiger partial charge in [-0.1, -0.05) is 17.7 Å². The Morgan fingerprint density at radius 1 is 1.22 bits per heavy atom. The number of nitrogens with zero attached hydrogens (tertiary/aromatic N) is 3. The third-order valence-electron chi connectivity index (χ3n) is 7.31. The van der Waals surface area contributed by atoms with E-state index < -0.39 is 0 Å². The molecule has 3 aromatic rings. The molecule has 1 aromatic carbocycles. The molecule has 0 spiro atoms. The first-order valence-corrected chi connectivity index (χ1v) is 14.2. The molecule has 0 unspecified atom stereocenters. The van der Waals surface area contributed by atoms with Gasteiger partial charge in [-0.25, -0.2) is 4.98 Å².